The van der Waals surface area contributed by atoms with Crippen LogP contribution in [0, 0.1) is 0 Å². The summed E-state index contributed by atoms with van der Waals surface area (Å²) in [6, 6.07) is 11.0. The number of hydrogen-bond donors (Lipinski definition) is 2. The van der Waals surface area contributed by atoms with Crippen LogP contribution in [0.1, 0.15) is 5.56 Å². The van der Waals surface area contributed by atoms with Crippen LogP contribution in [0.4, 0.5) is 11.5 Å². The Hall–Kier alpha value is -1.65. The van der Waals surface area contributed by atoms with E-state index in [2.05, 4.69) is 10.3 Å². The van der Waals surface area contributed by atoms with Crippen LogP contribution in [-0.4, -0.2) is 9.97 Å². The molecule has 0 amide bonds. The van der Waals surface area contributed by atoms with Crippen LogP contribution in [0.2, 0.25) is 5.02 Å². The van der Waals surface area contributed by atoms with E-state index < -0.39 is 0 Å². The predicted octanol–water partition coefficient (Wildman–Crippen LogP) is 3.11. The number of para-hydroxylation sites is 1. The Morgan fingerprint density at radius 2 is 2.06 bits per heavy atom. The highest BCUT2D eigenvalue weighted by molar-refractivity contribution is 7.80. The fourth-order valence-electron chi connectivity index (χ4n) is 1.35. The first-order chi connectivity index (χ1) is 8.16. The molecule has 0 bridgehead atoms. The predicted molar refractivity (Wildman–Crippen MR) is 74.9 cm³/mol. The normalized spacial score (nSPS) is 9.94. The number of aromatic nitrogens is 1. The lowest BCUT2D eigenvalue weighted by Gasteiger charge is -2.08. The third-order valence-electron chi connectivity index (χ3n) is 2.18. The summed E-state index contributed by atoms with van der Waals surface area (Å²) in [6.45, 7) is 0. The molecule has 1 aromatic carbocycles. The molecule has 5 heteroatoms. The van der Waals surface area contributed by atoms with Crippen molar-refractivity contribution in [1.82, 2.24) is 4.98 Å². The number of anilines is 2. The number of nitrogens with one attached hydrogen (secondary N) is 1. The summed E-state index contributed by atoms with van der Waals surface area (Å²) in [6.07, 6.45) is 1.65. The largest absolute Gasteiger partial charge is 0.389 e. The quantitative estimate of drug-likeness (QED) is 0.836. The molecule has 0 radical (unpaired) electrons. The van der Waals surface area contributed by atoms with Gasteiger partial charge in [-0.15, -0.1) is 0 Å². The monoisotopic (exact) mass is 263 g/mol. The van der Waals surface area contributed by atoms with Gasteiger partial charge in [-0.25, -0.2) is 4.98 Å². The van der Waals surface area contributed by atoms with Crippen LogP contribution in [0.5, 0.6) is 0 Å². The Morgan fingerprint density at radius 1 is 1.29 bits per heavy atom. The van der Waals surface area contributed by atoms with Gasteiger partial charge in [0, 0.05) is 11.8 Å². The number of halogens is 1. The molecule has 2 rings (SSSR count). The number of thiocarbonyl (C=S) groups is 1. The lowest BCUT2D eigenvalue weighted by atomic mass is 10.2. The van der Waals surface area contributed by atoms with Crippen molar-refractivity contribution >= 4 is 40.3 Å². The number of hydrogen-bond acceptors (Lipinski definition) is 3. The summed E-state index contributed by atoms with van der Waals surface area (Å²) in [7, 11) is 0. The van der Waals surface area contributed by atoms with E-state index in [1.807, 2.05) is 18.2 Å². The summed E-state index contributed by atoms with van der Waals surface area (Å²) >= 11 is 10.9. The molecule has 0 aliphatic heterocycles. The van der Waals surface area contributed by atoms with E-state index >= 15 is 0 Å². The van der Waals surface area contributed by atoms with Gasteiger partial charge >= 0.3 is 0 Å². The number of pyridine rings is 1. The Morgan fingerprint density at radius 3 is 2.76 bits per heavy atom. The second kappa shape index (κ2) is 5.12. The molecule has 0 fully saturated rings. The van der Waals surface area contributed by atoms with Crippen LogP contribution in [0.15, 0.2) is 42.6 Å². The molecule has 2 aromatic rings. The third kappa shape index (κ3) is 2.93. The standard InChI is InChI=1S/C12H10ClN3S/c13-9-3-1-2-4-10(9)16-11-7-8(12(14)17)5-6-15-11/h1-7H,(H2,14,17)(H,15,16). The van der Waals surface area contributed by atoms with E-state index in [1.54, 1.807) is 24.4 Å². The minimum Gasteiger partial charge on any atom is -0.389 e. The highest BCUT2D eigenvalue weighted by Gasteiger charge is 2.02. The zero-order valence-corrected chi connectivity index (χ0v) is 10.4. The number of nitrogens with zero attached hydrogens (tertiary/aromatic N) is 1. The number of rotatable bonds is 3. The van der Waals surface area contributed by atoms with Crippen LogP contribution >= 0.6 is 23.8 Å². The second-order valence-electron chi connectivity index (χ2n) is 3.40. The fourth-order valence-corrected chi connectivity index (χ4v) is 1.66. The molecule has 0 saturated heterocycles. The first kappa shape index (κ1) is 11.8. The van der Waals surface area contributed by atoms with Gasteiger partial charge in [-0.2, -0.15) is 0 Å². The SMILES string of the molecule is NC(=S)c1ccnc(Nc2ccccc2Cl)c1. The van der Waals surface area contributed by atoms with Crippen LogP contribution in [-0.2, 0) is 0 Å². The molecule has 86 valence electrons. The Kier molecular flexibility index (Phi) is 3.56. The van der Waals surface area contributed by atoms with Gasteiger partial charge < -0.3 is 11.1 Å². The van der Waals surface area contributed by atoms with Crippen molar-refractivity contribution in [3.8, 4) is 0 Å². The second-order valence-corrected chi connectivity index (χ2v) is 4.25. The molecular weight excluding hydrogens is 254 g/mol. The van der Waals surface area contributed by atoms with Crippen molar-refractivity contribution in [3.63, 3.8) is 0 Å². The molecule has 3 N–H and O–H groups in total. The zero-order chi connectivity index (χ0) is 12.3. The van der Waals surface area contributed by atoms with E-state index in [0.717, 1.165) is 11.3 Å². The van der Waals surface area contributed by atoms with Crippen molar-refractivity contribution in [2.45, 2.75) is 0 Å². The maximum atomic E-state index is 6.04. The van der Waals surface area contributed by atoms with Gasteiger partial charge in [0.25, 0.3) is 0 Å². The van der Waals surface area contributed by atoms with Gasteiger partial charge in [-0.1, -0.05) is 36.0 Å². The average molecular weight is 264 g/mol. The van der Waals surface area contributed by atoms with Crippen molar-refractivity contribution in [2.75, 3.05) is 5.32 Å². The van der Waals surface area contributed by atoms with Gasteiger partial charge in [-0.05, 0) is 24.3 Å². The maximum absolute atomic E-state index is 6.04. The lowest BCUT2D eigenvalue weighted by Crippen LogP contribution is -2.09. The van der Waals surface area contributed by atoms with Crippen LogP contribution in [0.25, 0.3) is 0 Å². The maximum Gasteiger partial charge on any atom is 0.131 e. The molecule has 0 unspecified atom stereocenters. The third-order valence-corrected chi connectivity index (χ3v) is 2.75. The summed E-state index contributed by atoms with van der Waals surface area (Å²) < 4.78 is 0. The molecule has 1 heterocycles. The highest BCUT2D eigenvalue weighted by atomic mass is 35.5. The van der Waals surface area contributed by atoms with E-state index in [-0.39, 0.29) is 0 Å². The topological polar surface area (TPSA) is 50.9 Å². The van der Waals surface area contributed by atoms with Gasteiger partial charge in [0.1, 0.15) is 10.8 Å². The Bertz CT molecular complexity index is 557. The van der Waals surface area contributed by atoms with Crippen molar-refractivity contribution in [1.29, 1.82) is 0 Å². The Labute approximate surface area is 110 Å². The van der Waals surface area contributed by atoms with Gasteiger partial charge in [-0.3, -0.25) is 0 Å². The van der Waals surface area contributed by atoms with Crippen LogP contribution in [0.3, 0.4) is 0 Å². The molecule has 0 atom stereocenters. The molecule has 17 heavy (non-hydrogen) atoms. The van der Waals surface area contributed by atoms with Crippen LogP contribution < -0.4 is 11.1 Å². The van der Waals surface area contributed by atoms with Gasteiger partial charge in [0.15, 0.2) is 0 Å². The molecule has 0 aliphatic rings. The van der Waals surface area contributed by atoms with Crippen molar-refractivity contribution in [2.24, 2.45) is 5.73 Å². The summed E-state index contributed by atoms with van der Waals surface area (Å²) in [5.74, 6) is 0.656. The number of nitrogens with two attached hydrogens (primary N) is 1. The van der Waals surface area contributed by atoms with E-state index in [4.69, 9.17) is 29.6 Å². The van der Waals surface area contributed by atoms with Crippen molar-refractivity contribution in [3.05, 3.63) is 53.2 Å². The highest BCUT2D eigenvalue weighted by Crippen LogP contribution is 2.23. The first-order valence-corrected chi connectivity index (χ1v) is 5.73. The van der Waals surface area contributed by atoms with Gasteiger partial charge in [0.2, 0.25) is 0 Å². The van der Waals surface area contributed by atoms with E-state index in [0.29, 0.717) is 15.8 Å². The van der Waals surface area contributed by atoms with Gasteiger partial charge in [0.05, 0.1) is 10.7 Å². The Balaban J connectivity index is 2.28. The molecule has 0 aliphatic carbocycles. The smallest absolute Gasteiger partial charge is 0.131 e. The zero-order valence-electron chi connectivity index (χ0n) is 8.85. The molecule has 0 saturated carbocycles. The summed E-state index contributed by atoms with van der Waals surface area (Å²) in [4.78, 5) is 4.52. The molecular formula is C12H10ClN3S. The summed E-state index contributed by atoms with van der Waals surface area (Å²) in [5.41, 5.74) is 7.12. The molecule has 0 spiro atoms. The minimum atomic E-state index is 0.342. The number of benzene rings is 1. The molecule has 3 nitrogen and oxygen atoms in total. The van der Waals surface area contributed by atoms with E-state index in [1.165, 1.54) is 0 Å². The molecule has 1 aromatic heterocycles. The first-order valence-electron chi connectivity index (χ1n) is 4.94. The van der Waals surface area contributed by atoms with Crippen molar-refractivity contribution < 1.29 is 0 Å². The average Bonchev–Trinajstić information content (AvgIpc) is 2.32. The minimum absolute atomic E-state index is 0.342. The lowest BCUT2D eigenvalue weighted by molar-refractivity contribution is 1.30. The van der Waals surface area contributed by atoms with E-state index in [9.17, 15) is 0 Å². The summed E-state index contributed by atoms with van der Waals surface area (Å²) in [5, 5.41) is 3.74. The fraction of sp³-hybridized carbons (Fsp3) is 0.